The molecular formula is C20H38N4O2. The summed E-state index contributed by atoms with van der Waals surface area (Å²) < 4.78 is 6.03. The Hall–Kier alpha value is -0.690. The number of piperazine rings is 1. The molecule has 6 heteroatoms. The van der Waals surface area contributed by atoms with Gasteiger partial charge in [0.05, 0.1) is 12.7 Å². The van der Waals surface area contributed by atoms with Gasteiger partial charge in [0.25, 0.3) is 0 Å². The highest BCUT2D eigenvalue weighted by Crippen LogP contribution is 2.41. The summed E-state index contributed by atoms with van der Waals surface area (Å²) >= 11 is 0. The molecule has 3 saturated heterocycles. The summed E-state index contributed by atoms with van der Waals surface area (Å²) in [5.41, 5.74) is 0.363. The molecule has 2 N–H and O–H groups in total. The second-order valence-corrected chi connectivity index (χ2v) is 8.82. The Bertz CT molecular complexity index is 443. The first-order chi connectivity index (χ1) is 12.6. The molecule has 1 unspecified atom stereocenters. The Balaban J connectivity index is 1.31. The van der Waals surface area contributed by atoms with Crippen LogP contribution in [-0.4, -0.2) is 87.3 Å². The van der Waals surface area contributed by atoms with Crippen LogP contribution in [-0.2, 0) is 9.53 Å². The normalized spacial score (nSPS) is 27.3. The number of ether oxygens (including phenoxy) is 1. The predicted molar refractivity (Wildman–Crippen MR) is 104 cm³/mol. The molecule has 3 fully saturated rings. The summed E-state index contributed by atoms with van der Waals surface area (Å²) in [5.74, 6) is 0.184. The zero-order valence-electron chi connectivity index (χ0n) is 16.8. The van der Waals surface area contributed by atoms with Crippen LogP contribution in [0.2, 0.25) is 0 Å². The molecule has 0 aromatic heterocycles. The Morgan fingerprint density at radius 3 is 2.46 bits per heavy atom. The summed E-state index contributed by atoms with van der Waals surface area (Å²) in [4.78, 5) is 17.0. The monoisotopic (exact) mass is 366 g/mol. The molecule has 1 atom stereocenters. The predicted octanol–water partition coefficient (Wildman–Crippen LogP) is 0.925. The molecular weight excluding hydrogens is 328 g/mol. The van der Waals surface area contributed by atoms with Crippen molar-refractivity contribution in [3.63, 3.8) is 0 Å². The molecule has 1 amide bonds. The number of piperidine rings is 1. The highest BCUT2D eigenvalue weighted by molar-refractivity contribution is 5.77. The molecule has 0 bridgehead atoms. The van der Waals surface area contributed by atoms with Gasteiger partial charge in [-0.05, 0) is 57.3 Å². The largest absolute Gasteiger partial charge is 0.376 e. The maximum absolute atomic E-state index is 11.7. The van der Waals surface area contributed by atoms with Gasteiger partial charge >= 0.3 is 0 Å². The Labute approximate surface area is 159 Å². The van der Waals surface area contributed by atoms with Crippen molar-refractivity contribution in [2.24, 2.45) is 11.3 Å². The van der Waals surface area contributed by atoms with E-state index in [2.05, 4.69) is 20.4 Å². The van der Waals surface area contributed by atoms with Gasteiger partial charge in [0.15, 0.2) is 0 Å². The third-order valence-corrected chi connectivity index (χ3v) is 6.39. The van der Waals surface area contributed by atoms with E-state index < -0.39 is 0 Å². The summed E-state index contributed by atoms with van der Waals surface area (Å²) in [6, 6.07) is 0. The van der Waals surface area contributed by atoms with E-state index in [0.717, 1.165) is 26.1 Å². The van der Waals surface area contributed by atoms with Gasteiger partial charge in [-0.15, -0.1) is 0 Å². The average molecular weight is 367 g/mol. The lowest BCUT2D eigenvalue weighted by atomic mass is 9.76. The van der Waals surface area contributed by atoms with Crippen LogP contribution in [0.25, 0.3) is 0 Å². The van der Waals surface area contributed by atoms with E-state index in [1.54, 1.807) is 0 Å². The lowest BCUT2D eigenvalue weighted by Crippen LogP contribution is -2.45. The van der Waals surface area contributed by atoms with Gasteiger partial charge < -0.3 is 25.2 Å². The van der Waals surface area contributed by atoms with Gasteiger partial charge in [-0.3, -0.25) is 4.79 Å². The van der Waals surface area contributed by atoms with Crippen LogP contribution in [0.3, 0.4) is 0 Å². The number of rotatable bonds is 7. The van der Waals surface area contributed by atoms with Crippen LogP contribution in [0.5, 0.6) is 0 Å². The SMILES string of the molecule is CC(C)C(=O)NCC1CC2(CCN(CCCN3CCNCC3)CC2)CO1. The van der Waals surface area contributed by atoms with E-state index in [-0.39, 0.29) is 17.9 Å². The van der Waals surface area contributed by atoms with Crippen LogP contribution < -0.4 is 10.6 Å². The van der Waals surface area contributed by atoms with Crippen molar-refractivity contribution in [1.29, 1.82) is 0 Å². The van der Waals surface area contributed by atoms with E-state index in [1.165, 1.54) is 58.5 Å². The number of nitrogens with zero attached hydrogens (tertiary/aromatic N) is 2. The maximum atomic E-state index is 11.7. The molecule has 3 rings (SSSR count). The second kappa shape index (κ2) is 9.49. The fourth-order valence-electron chi connectivity index (χ4n) is 4.50. The van der Waals surface area contributed by atoms with Crippen LogP contribution in [0.4, 0.5) is 0 Å². The number of nitrogens with one attached hydrogen (secondary N) is 2. The van der Waals surface area contributed by atoms with Gasteiger partial charge in [0.2, 0.25) is 5.91 Å². The summed E-state index contributed by atoms with van der Waals surface area (Å²) in [5, 5.41) is 6.45. The van der Waals surface area contributed by atoms with Gasteiger partial charge in [0.1, 0.15) is 0 Å². The molecule has 1 spiro atoms. The van der Waals surface area contributed by atoms with E-state index in [0.29, 0.717) is 12.0 Å². The Morgan fingerprint density at radius 2 is 1.81 bits per heavy atom. The lowest BCUT2D eigenvalue weighted by molar-refractivity contribution is -0.124. The number of carbonyl (C=O) groups is 1. The van der Waals surface area contributed by atoms with E-state index in [9.17, 15) is 4.79 Å². The topological polar surface area (TPSA) is 56.8 Å². The minimum absolute atomic E-state index is 0.0507. The van der Waals surface area contributed by atoms with Crippen molar-refractivity contribution in [1.82, 2.24) is 20.4 Å². The van der Waals surface area contributed by atoms with Crippen molar-refractivity contribution >= 4 is 5.91 Å². The summed E-state index contributed by atoms with van der Waals surface area (Å²) in [6.07, 6.45) is 5.09. The fraction of sp³-hybridized carbons (Fsp3) is 0.950. The quantitative estimate of drug-likeness (QED) is 0.702. The first-order valence-electron chi connectivity index (χ1n) is 10.6. The first kappa shape index (κ1) is 20.1. The van der Waals surface area contributed by atoms with Crippen LogP contribution >= 0.6 is 0 Å². The van der Waals surface area contributed by atoms with Gasteiger partial charge in [-0.25, -0.2) is 0 Å². The van der Waals surface area contributed by atoms with Crippen LogP contribution in [0, 0.1) is 11.3 Å². The van der Waals surface area contributed by atoms with Gasteiger partial charge in [-0.2, -0.15) is 0 Å². The minimum Gasteiger partial charge on any atom is -0.376 e. The molecule has 0 radical (unpaired) electrons. The number of carbonyl (C=O) groups excluding carboxylic acids is 1. The average Bonchev–Trinajstić information content (AvgIpc) is 3.05. The van der Waals surface area contributed by atoms with Crippen molar-refractivity contribution in [2.45, 2.75) is 45.6 Å². The van der Waals surface area contributed by atoms with Crippen LogP contribution in [0.15, 0.2) is 0 Å². The molecule has 3 heterocycles. The van der Waals surface area contributed by atoms with E-state index in [1.807, 2.05) is 13.8 Å². The molecule has 0 aliphatic carbocycles. The van der Waals surface area contributed by atoms with Crippen LogP contribution in [0.1, 0.15) is 39.5 Å². The zero-order chi connectivity index (χ0) is 18.4. The van der Waals surface area contributed by atoms with E-state index >= 15 is 0 Å². The second-order valence-electron chi connectivity index (χ2n) is 8.82. The molecule has 150 valence electrons. The third-order valence-electron chi connectivity index (χ3n) is 6.39. The smallest absolute Gasteiger partial charge is 0.222 e. The van der Waals surface area contributed by atoms with E-state index in [4.69, 9.17) is 4.74 Å². The zero-order valence-corrected chi connectivity index (χ0v) is 16.8. The van der Waals surface area contributed by atoms with Gasteiger partial charge in [0, 0.05) is 38.6 Å². The standard InChI is InChI=1S/C20H38N4O2/c1-17(2)19(25)22-15-18-14-20(16-26-18)4-10-23(11-5-20)8-3-9-24-12-6-21-7-13-24/h17-18,21H,3-16H2,1-2H3,(H,22,25). The number of hydrogen-bond donors (Lipinski definition) is 2. The number of likely N-dealkylation sites (tertiary alicyclic amines) is 1. The van der Waals surface area contributed by atoms with Crippen molar-refractivity contribution in [2.75, 3.05) is 65.5 Å². The highest BCUT2D eigenvalue weighted by Gasteiger charge is 2.42. The first-order valence-corrected chi connectivity index (χ1v) is 10.6. The molecule has 0 saturated carbocycles. The molecule has 0 aromatic carbocycles. The molecule has 3 aliphatic rings. The number of amides is 1. The summed E-state index contributed by atoms with van der Waals surface area (Å²) in [7, 11) is 0. The van der Waals surface area contributed by atoms with Crippen molar-refractivity contribution in [3.05, 3.63) is 0 Å². The highest BCUT2D eigenvalue weighted by atomic mass is 16.5. The Kier molecular flexibility index (Phi) is 7.32. The molecule has 6 nitrogen and oxygen atoms in total. The van der Waals surface area contributed by atoms with Gasteiger partial charge in [-0.1, -0.05) is 13.8 Å². The third kappa shape index (κ3) is 5.65. The minimum atomic E-state index is 0.0507. The maximum Gasteiger partial charge on any atom is 0.222 e. The van der Waals surface area contributed by atoms with Crippen molar-refractivity contribution < 1.29 is 9.53 Å². The van der Waals surface area contributed by atoms with Crippen molar-refractivity contribution in [3.8, 4) is 0 Å². The lowest BCUT2D eigenvalue weighted by Gasteiger charge is -2.39. The summed E-state index contributed by atoms with van der Waals surface area (Å²) in [6.45, 7) is 15.0. The number of hydrogen-bond acceptors (Lipinski definition) is 5. The fourth-order valence-corrected chi connectivity index (χ4v) is 4.50. The molecule has 26 heavy (non-hydrogen) atoms. The Morgan fingerprint density at radius 1 is 1.15 bits per heavy atom. The molecule has 3 aliphatic heterocycles. The molecule has 0 aromatic rings.